The van der Waals surface area contributed by atoms with Gasteiger partial charge in [-0.05, 0) is 76.4 Å². The first-order chi connectivity index (χ1) is 18.7. The van der Waals surface area contributed by atoms with Crippen molar-refractivity contribution in [2.24, 2.45) is 0 Å². The van der Waals surface area contributed by atoms with Crippen LogP contribution in [-0.4, -0.2) is 47.2 Å². The second-order valence-corrected chi connectivity index (χ2v) is 11.9. The van der Waals surface area contributed by atoms with Crippen LogP contribution in [-0.2, 0) is 19.5 Å². The van der Waals surface area contributed by atoms with Gasteiger partial charge in [0.2, 0.25) is 0 Å². The number of sulfonamides is 1. The zero-order valence-electron chi connectivity index (χ0n) is 23.0. The molecule has 0 bridgehead atoms. The number of nitrogens with zero attached hydrogens (tertiary/aromatic N) is 1. The van der Waals surface area contributed by atoms with Gasteiger partial charge in [0.25, 0.3) is 10.0 Å². The third-order valence-corrected chi connectivity index (χ3v) is 8.22. The largest absolute Gasteiger partial charge is 0.493 e. The Bertz CT molecular complexity index is 1320. The number of anilines is 1. The van der Waals surface area contributed by atoms with Gasteiger partial charge >= 0.3 is 0 Å². The molecule has 1 atom stereocenters. The molecule has 3 aromatic rings. The van der Waals surface area contributed by atoms with Crippen molar-refractivity contribution in [2.45, 2.75) is 56.8 Å². The molecule has 1 aliphatic heterocycles. The number of para-hydroxylation sites is 3. The van der Waals surface area contributed by atoms with Crippen molar-refractivity contribution < 1.29 is 32.1 Å². The fourth-order valence-corrected chi connectivity index (χ4v) is 6.25. The number of ether oxygens (including phenoxy) is 5. The van der Waals surface area contributed by atoms with Crippen molar-refractivity contribution >= 4 is 15.7 Å². The Balaban J connectivity index is 1.73. The molecule has 39 heavy (non-hydrogen) atoms. The minimum Gasteiger partial charge on any atom is -0.493 e. The molecule has 3 aromatic carbocycles. The lowest BCUT2D eigenvalue weighted by Gasteiger charge is -2.37. The van der Waals surface area contributed by atoms with Crippen LogP contribution in [0.2, 0.25) is 0 Å². The zero-order valence-corrected chi connectivity index (χ0v) is 23.8. The Morgan fingerprint density at radius 1 is 0.872 bits per heavy atom. The number of hydrogen-bond donors (Lipinski definition) is 0. The lowest BCUT2D eigenvalue weighted by molar-refractivity contribution is -0.165. The molecule has 0 aromatic heterocycles. The molecule has 210 valence electrons. The molecule has 0 N–H and O–H groups in total. The van der Waals surface area contributed by atoms with E-state index in [0.717, 1.165) is 19.3 Å². The van der Waals surface area contributed by atoms with Crippen molar-refractivity contribution in [1.29, 1.82) is 0 Å². The van der Waals surface area contributed by atoms with Gasteiger partial charge in [0.05, 0.1) is 24.3 Å². The van der Waals surface area contributed by atoms with E-state index >= 15 is 0 Å². The lowest BCUT2D eigenvalue weighted by atomic mass is 10.1. The number of hydrogen-bond acceptors (Lipinski definition) is 7. The molecule has 8 nitrogen and oxygen atoms in total. The van der Waals surface area contributed by atoms with Gasteiger partial charge in [-0.2, -0.15) is 0 Å². The molecule has 0 aliphatic carbocycles. The maximum Gasteiger partial charge on any atom is 0.264 e. The Labute approximate surface area is 231 Å². The van der Waals surface area contributed by atoms with E-state index in [1.54, 1.807) is 67.8 Å². The summed E-state index contributed by atoms with van der Waals surface area (Å²) in [5.41, 5.74) is -0.501. The fraction of sp³-hybridized carbons (Fsp3) is 0.400. The molecular formula is C30H37NO7S. The van der Waals surface area contributed by atoms with Crippen molar-refractivity contribution in [3.05, 3.63) is 72.8 Å². The summed E-state index contributed by atoms with van der Waals surface area (Å²) in [5, 5.41) is 0. The van der Waals surface area contributed by atoms with E-state index in [9.17, 15) is 8.42 Å². The molecule has 9 heteroatoms. The van der Waals surface area contributed by atoms with E-state index in [1.807, 2.05) is 32.9 Å². The topological polar surface area (TPSA) is 83.5 Å². The van der Waals surface area contributed by atoms with Gasteiger partial charge in [-0.3, -0.25) is 4.31 Å². The predicted octanol–water partition coefficient (Wildman–Crippen LogP) is 6.40. The third kappa shape index (κ3) is 7.03. The van der Waals surface area contributed by atoms with Crippen molar-refractivity contribution in [3.63, 3.8) is 0 Å². The number of rotatable bonds is 11. The average molecular weight is 556 g/mol. The highest BCUT2D eigenvalue weighted by Crippen LogP contribution is 2.46. The molecule has 0 spiro atoms. The summed E-state index contributed by atoms with van der Waals surface area (Å²) in [6.45, 7) is 6.76. The highest BCUT2D eigenvalue weighted by Gasteiger charge is 2.37. The van der Waals surface area contributed by atoms with Crippen LogP contribution in [0, 0.1) is 0 Å². The minimum atomic E-state index is -3.97. The van der Waals surface area contributed by atoms with Crippen LogP contribution in [0.5, 0.6) is 23.0 Å². The summed E-state index contributed by atoms with van der Waals surface area (Å²) in [7, 11) is -2.42. The van der Waals surface area contributed by atoms with E-state index in [4.69, 9.17) is 23.7 Å². The van der Waals surface area contributed by atoms with E-state index in [2.05, 4.69) is 0 Å². The summed E-state index contributed by atoms with van der Waals surface area (Å²) in [6.07, 6.45) is 2.74. The van der Waals surface area contributed by atoms with Crippen LogP contribution in [0.4, 0.5) is 5.69 Å². The molecule has 1 saturated heterocycles. The monoisotopic (exact) mass is 555 g/mol. The summed E-state index contributed by atoms with van der Waals surface area (Å²) >= 11 is 0. The first-order valence-electron chi connectivity index (χ1n) is 13.1. The second-order valence-electron chi connectivity index (χ2n) is 10.1. The fourth-order valence-electron chi connectivity index (χ4n) is 4.42. The maximum atomic E-state index is 14.0. The van der Waals surface area contributed by atoms with E-state index in [1.165, 1.54) is 4.31 Å². The van der Waals surface area contributed by atoms with Crippen LogP contribution in [0.3, 0.4) is 0 Å². The molecule has 0 radical (unpaired) electrons. The molecular weight excluding hydrogens is 518 g/mol. The van der Waals surface area contributed by atoms with Crippen LogP contribution in [0.25, 0.3) is 0 Å². The third-order valence-electron chi connectivity index (χ3n) is 6.13. The van der Waals surface area contributed by atoms with Gasteiger partial charge in [0.15, 0.2) is 29.3 Å². The van der Waals surface area contributed by atoms with Gasteiger partial charge in [-0.1, -0.05) is 36.4 Å². The van der Waals surface area contributed by atoms with Crippen LogP contribution in [0.15, 0.2) is 77.7 Å². The first-order valence-corrected chi connectivity index (χ1v) is 14.6. The van der Waals surface area contributed by atoms with Crippen LogP contribution < -0.4 is 18.5 Å². The molecule has 1 aliphatic rings. The number of methoxy groups -OCH3 is 1. The SMILES string of the molecule is COc1ccccc1Oc1c(OCCOC2CCCCO2)cccc1N(C(C)(C)C)S(=O)(=O)c1ccccc1. The minimum absolute atomic E-state index is 0.176. The quantitative estimate of drug-likeness (QED) is 0.253. The van der Waals surface area contributed by atoms with E-state index in [0.29, 0.717) is 36.1 Å². The van der Waals surface area contributed by atoms with Gasteiger partial charge in [-0.15, -0.1) is 0 Å². The summed E-state index contributed by atoms with van der Waals surface area (Å²) < 4.78 is 58.9. The standard InChI is InChI=1S/C30H37NO7S/c1-30(2,3)31(39(32,33)23-13-6-5-7-14-23)24-15-12-18-27(35-21-22-37-28-19-10-11-20-36-28)29(24)38-26-17-9-8-16-25(26)34-4/h5-9,12-18,28H,10-11,19-22H2,1-4H3. The average Bonchev–Trinajstić information content (AvgIpc) is 2.93. The molecule has 1 heterocycles. The van der Waals surface area contributed by atoms with Gasteiger partial charge in [0, 0.05) is 12.1 Å². The Kier molecular flexibility index (Phi) is 9.37. The Morgan fingerprint density at radius 2 is 1.56 bits per heavy atom. The van der Waals surface area contributed by atoms with E-state index in [-0.39, 0.29) is 23.5 Å². The summed E-state index contributed by atoms with van der Waals surface area (Å²) in [6, 6.07) is 20.8. The highest BCUT2D eigenvalue weighted by atomic mass is 32.2. The van der Waals surface area contributed by atoms with Crippen LogP contribution >= 0.6 is 0 Å². The van der Waals surface area contributed by atoms with Crippen molar-refractivity contribution in [2.75, 3.05) is 31.2 Å². The highest BCUT2D eigenvalue weighted by molar-refractivity contribution is 7.93. The Morgan fingerprint density at radius 3 is 2.23 bits per heavy atom. The lowest BCUT2D eigenvalue weighted by Crippen LogP contribution is -2.46. The molecule has 0 amide bonds. The normalized spacial score (nSPS) is 15.9. The van der Waals surface area contributed by atoms with Gasteiger partial charge in [0.1, 0.15) is 6.61 Å². The van der Waals surface area contributed by atoms with Gasteiger partial charge in [-0.25, -0.2) is 8.42 Å². The maximum absolute atomic E-state index is 14.0. The number of benzene rings is 3. The van der Waals surface area contributed by atoms with Crippen molar-refractivity contribution in [1.82, 2.24) is 0 Å². The molecule has 0 saturated carbocycles. The van der Waals surface area contributed by atoms with Gasteiger partial charge < -0.3 is 23.7 Å². The first kappa shape index (κ1) is 28.7. The zero-order chi connectivity index (χ0) is 27.9. The molecule has 1 unspecified atom stereocenters. The second kappa shape index (κ2) is 12.7. The molecule has 1 fully saturated rings. The van der Waals surface area contributed by atoms with Crippen molar-refractivity contribution in [3.8, 4) is 23.0 Å². The van der Waals surface area contributed by atoms with Crippen LogP contribution in [0.1, 0.15) is 40.0 Å². The Hall–Kier alpha value is -3.27. The summed E-state index contributed by atoms with van der Waals surface area (Å²) in [4.78, 5) is 0.176. The molecule has 4 rings (SSSR count). The van der Waals surface area contributed by atoms with E-state index < -0.39 is 15.6 Å². The predicted molar refractivity (Wildman–Crippen MR) is 150 cm³/mol. The summed E-state index contributed by atoms with van der Waals surface area (Å²) in [5.74, 6) is 1.56. The smallest absolute Gasteiger partial charge is 0.264 e.